The van der Waals surface area contributed by atoms with Gasteiger partial charge in [0.15, 0.2) is 0 Å². The normalized spacial score (nSPS) is 13.0. The number of nitrogens with zero attached hydrogens (tertiary/aromatic N) is 1. The van der Waals surface area contributed by atoms with E-state index in [0.29, 0.717) is 11.6 Å². The van der Waals surface area contributed by atoms with Crippen LogP contribution in [0.2, 0.25) is 5.02 Å². The molecule has 0 saturated carbocycles. The van der Waals surface area contributed by atoms with Crippen LogP contribution in [0.5, 0.6) is 5.75 Å². The van der Waals surface area contributed by atoms with E-state index in [9.17, 15) is 4.79 Å². The number of aromatic nitrogens is 1. The van der Waals surface area contributed by atoms with Gasteiger partial charge in [-0.15, -0.1) is 0 Å². The summed E-state index contributed by atoms with van der Waals surface area (Å²) in [6, 6.07) is 17.3. The largest absolute Gasteiger partial charge is 0.494 e. The Bertz CT molecular complexity index is 998. The van der Waals surface area contributed by atoms with Crippen LogP contribution in [-0.2, 0) is 10.2 Å². The second kappa shape index (κ2) is 8.15. The van der Waals surface area contributed by atoms with Crippen LogP contribution in [0.3, 0.4) is 0 Å². The Kier molecular flexibility index (Phi) is 5.85. The number of halogens is 1. The first kappa shape index (κ1) is 20.1. The summed E-state index contributed by atoms with van der Waals surface area (Å²) >= 11 is 6.21. The van der Waals surface area contributed by atoms with Gasteiger partial charge in [-0.05, 0) is 86.3 Å². The molecule has 0 saturated heterocycles. The number of carbonyl (C=O) groups is 1. The fourth-order valence-corrected chi connectivity index (χ4v) is 4.09. The topological polar surface area (TPSA) is 39.2 Å². The summed E-state index contributed by atoms with van der Waals surface area (Å²) in [7, 11) is 0. The second-order valence-electron chi connectivity index (χ2n) is 6.91. The SMILES string of the molecule is CCOc1ccc([C@](C(C)=O)(c2ccnc(C)c2)c2ccc(Cl)cc2C)cc1. The maximum Gasteiger partial charge on any atom is 0.149 e. The van der Waals surface area contributed by atoms with E-state index in [1.54, 1.807) is 13.1 Å². The Morgan fingerprint density at radius 3 is 2.32 bits per heavy atom. The number of benzene rings is 2. The monoisotopic (exact) mass is 393 g/mol. The third-order valence-electron chi connectivity index (χ3n) is 5.05. The van der Waals surface area contributed by atoms with Crippen molar-refractivity contribution in [3.63, 3.8) is 0 Å². The summed E-state index contributed by atoms with van der Waals surface area (Å²) in [6.45, 7) is 8.10. The first-order valence-corrected chi connectivity index (χ1v) is 9.71. The molecule has 0 radical (unpaired) electrons. The van der Waals surface area contributed by atoms with E-state index in [0.717, 1.165) is 33.7 Å². The lowest BCUT2D eigenvalue weighted by atomic mass is 9.66. The van der Waals surface area contributed by atoms with Crippen molar-refractivity contribution in [2.45, 2.75) is 33.1 Å². The van der Waals surface area contributed by atoms with E-state index in [4.69, 9.17) is 16.3 Å². The average molecular weight is 394 g/mol. The molecular weight excluding hydrogens is 370 g/mol. The number of carbonyl (C=O) groups excluding carboxylic acids is 1. The fourth-order valence-electron chi connectivity index (χ4n) is 3.87. The van der Waals surface area contributed by atoms with Gasteiger partial charge in [0.25, 0.3) is 0 Å². The molecule has 1 atom stereocenters. The van der Waals surface area contributed by atoms with Gasteiger partial charge in [0, 0.05) is 16.9 Å². The highest BCUT2D eigenvalue weighted by atomic mass is 35.5. The van der Waals surface area contributed by atoms with E-state index in [-0.39, 0.29) is 5.78 Å². The molecule has 0 amide bonds. The summed E-state index contributed by atoms with van der Waals surface area (Å²) in [5.74, 6) is 0.815. The van der Waals surface area contributed by atoms with Crippen LogP contribution < -0.4 is 4.74 Å². The standard InChI is InChI=1S/C24H24ClNO2/c1-5-28-22-9-6-19(7-10-22)24(18(4)27,20-12-13-26-17(3)15-20)23-11-8-21(25)14-16(23)2/h6-15H,5H2,1-4H3/t24-/m1/s1. The van der Waals surface area contributed by atoms with Crippen LogP contribution in [0, 0.1) is 13.8 Å². The molecule has 3 aromatic rings. The molecule has 1 heterocycles. The smallest absolute Gasteiger partial charge is 0.149 e. The Balaban J connectivity index is 2.35. The molecule has 3 rings (SSSR count). The van der Waals surface area contributed by atoms with Gasteiger partial charge in [-0.2, -0.15) is 0 Å². The molecule has 0 fully saturated rings. The van der Waals surface area contributed by atoms with E-state index in [2.05, 4.69) is 4.98 Å². The minimum atomic E-state index is -0.951. The number of ether oxygens (including phenoxy) is 1. The molecule has 0 spiro atoms. The van der Waals surface area contributed by atoms with E-state index >= 15 is 0 Å². The molecular formula is C24H24ClNO2. The van der Waals surface area contributed by atoms with E-state index < -0.39 is 5.41 Å². The molecule has 1 aromatic heterocycles. The molecule has 28 heavy (non-hydrogen) atoms. The van der Waals surface area contributed by atoms with Crippen molar-refractivity contribution in [2.24, 2.45) is 0 Å². The molecule has 0 unspecified atom stereocenters. The lowest BCUT2D eigenvalue weighted by molar-refractivity contribution is -0.119. The lowest BCUT2D eigenvalue weighted by Crippen LogP contribution is -2.37. The van der Waals surface area contributed by atoms with Crippen LogP contribution in [0.4, 0.5) is 0 Å². The van der Waals surface area contributed by atoms with Gasteiger partial charge in [0.05, 0.1) is 6.61 Å². The molecule has 0 aliphatic rings. The van der Waals surface area contributed by atoms with Crippen LogP contribution in [0.15, 0.2) is 60.8 Å². The summed E-state index contributed by atoms with van der Waals surface area (Å²) in [4.78, 5) is 17.7. The highest BCUT2D eigenvalue weighted by Crippen LogP contribution is 2.42. The molecule has 0 bridgehead atoms. The molecule has 144 valence electrons. The van der Waals surface area contributed by atoms with Crippen molar-refractivity contribution in [3.8, 4) is 5.75 Å². The Labute approximate surface area is 171 Å². The maximum absolute atomic E-state index is 13.3. The predicted molar refractivity (Wildman–Crippen MR) is 113 cm³/mol. The number of aryl methyl sites for hydroxylation is 2. The van der Waals surface area contributed by atoms with Gasteiger partial charge in [0.2, 0.25) is 0 Å². The van der Waals surface area contributed by atoms with Crippen LogP contribution in [0.1, 0.15) is 41.8 Å². The third kappa shape index (κ3) is 3.55. The summed E-state index contributed by atoms with van der Waals surface area (Å²) in [6.07, 6.45) is 1.75. The molecule has 2 aromatic carbocycles. The fraction of sp³-hybridized carbons (Fsp3) is 0.250. The summed E-state index contributed by atoms with van der Waals surface area (Å²) in [5, 5.41) is 0.649. The van der Waals surface area contributed by atoms with E-state index in [1.165, 1.54) is 0 Å². The van der Waals surface area contributed by atoms with Crippen molar-refractivity contribution in [3.05, 3.63) is 93.8 Å². The van der Waals surface area contributed by atoms with Crippen molar-refractivity contribution >= 4 is 17.4 Å². The van der Waals surface area contributed by atoms with Gasteiger partial charge >= 0.3 is 0 Å². The number of ketones is 1. The maximum atomic E-state index is 13.3. The van der Waals surface area contributed by atoms with Gasteiger partial charge in [-0.3, -0.25) is 9.78 Å². The zero-order valence-electron chi connectivity index (χ0n) is 16.6. The van der Waals surface area contributed by atoms with Gasteiger partial charge in [-0.1, -0.05) is 29.8 Å². The Morgan fingerprint density at radius 2 is 1.75 bits per heavy atom. The number of rotatable bonds is 6. The zero-order chi connectivity index (χ0) is 20.3. The second-order valence-corrected chi connectivity index (χ2v) is 7.35. The Morgan fingerprint density at radius 1 is 1.04 bits per heavy atom. The van der Waals surface area contributed by atoms with Crippen molar-refractivity contribution in [1.82, 2.24) is 4.98 Å². The van der Waals surface area contributed by atoms with Crippen LogP contribution in [-0.4, -0.2) is 17.4 Å². The quantitative estimate of drug-likeness (QED) is 0.541. The molecule has 4 heteroatoms. The highest BCUT2D eigenvalue weighted by molar-refractivity contribution is 6.30. The van der Waals surface area contributed by atoms with Gasteiger partial charge in [0.1, 0.15) is 16.9 Å². The van der Waals surface area contributed by atoms with Crippen molar-refractivity contribution < 1.29 is 9.53 Å². The summed E-state index contributed by atoms with van der Waals surface area (Å²) < 4.78 is 5.59. The predicted octanol–water partition coefficient (Wildman–Crippen LogP) is 5.67. The number of hydrogen-bond acceptors (Lipinski definition) is 3. The average Bonchev–Trinajstić information content (AvgIpc) is 2.65. The van der Waals surface area contributed by atoms with Crippen LogP contribution >= 0.6 is 11.6 Å². The highest BCUT2D eigenvalue weighted by Gasteiger charge is 2.42. The van der Waals surface area contributed by atoms with E-state index in [1.807, 2.05) is 75.4 Å². The first-order valence-electron chi connectivity index (χ1n) is 9.33. The molecule has 0 N–H and O–H groups in total. The number of hydrogen-bond donors (Lipinski definition) is 0. The molecule has 3 nitrogen and oxygen atoms in total. The lowest BCUT2D eigenvalue weighted by Gasteiger charge is -2.35. The minimum absolute atomic E-state index is 0.0349. The van der Waals surface area contributed by atoms with Crippen molar-refractivity contribution in [1.29, 1.82) is 0 Å². The van der Waals surface area contributed by atoms with Gasteiger partial charge < -0.3 is 4.74 Å². The zero-order valence-corrected chi connectivity index (χ0v) is 17.4. The third-order valence-corrected chi connectivity index (χ3v) is 5.28. The summed E-state index contributed by atoms with van der Waals surface area (Å²) in [5.41, 5.74) is 3.57. The Hall–Kier alpha value is -2.65. The van der Waals surface area contributed by atoms with Crippen LogP contribution in [0.25, 0.3) is 0 Å². The number of Topliss-reactive ketones (excluding diaryl/α,β-unsaturated/α-hetero) is 1. The van der Waals surface area contributed by atoms with Crippen molar-refractivity contribution in [2.75, 3.05) is 6.61 Å². The minimum Gasteiger partial charge on any atom is -0.494 e. The molecule has 0 aliphatic heterocycles. The van der Waals surface area contributed by atoms with Gasteiger partial charge in [-0.25, -0.2) is 0 Å². The molecule has 0 aliphatic carbocycles. The number of pyridine rings is 1. The first-order chi connectivity index (χ1) is 13.4.